The summed E-state index contributed by atoms with van der Waals surface area (Å²) in [6.45, 7) is 2.42. The van der Waals surface area contributed by atoms with Crippen molar-refractivity contribution in [1.29, 1.82) is 5.26 Å². The van der Waals surface area contributed by atoms with Crippen LogP contribution in [0, 0.1) is 11.3 Å². The third-order valence-electron chi connectivity index (χ3n) is 4.04. The van der Waals surface area contributed by atoms with Gasteiger partial charge in [0.25, 0.3) is 0 Å². The topological polar surface area (TPSA) is 54.1 Å². The molecule has 5 nitrogen and oxygen atoms in total. The van der Waals surface area contributed by atoms with Crippen LogP contribution in [-0.2, 0) is 6.54 Å². The number of ether oxygens (including phenoxy) is 1. The first-order valence-electron chi connectivity index (χ1n) is 7.60. The quantitative estimate of drug-likeness (QED) is 0.870. The molecular weight excluding hydrogens is 276 g/mol. The Balaban J connectivity index is 1.84. The lowest BCUT2D eigenvalue weighted by atomic mass is 10.1. The number of hydrogen-bond donors (Lipinski definition) is 0. The monoisotopic (exact) mass is 296 g/mol. The maximum Gasteiger partial charge on any atom is 0.144 e. The standard InChI is InChI=1S/C17H20N4O/c1-20-10-6-14(7-11-20)22-16-5-3-2-4-15(16)17-19-9-13-21(17)12-8-18/h2-5,9,13-14H,6-7,10-12H2,1H3. The number of imidazole rings is 1. The van der Waals surface area contributed by atoms with Crippen LogP contribution >= 0.6 is 0 Å². The first-order valence-corrected chi connectivity index (χ1v) is 7.60. The molecule has 1 saturated heterocycles. The minimum Gasteiger partial charge on any atom is -0.490 e. The number of hydrogen-bond acceptors (Lipinski definition) is 4. The van der Waals surface area contributed by atoms with E-state index in [4.69, 9.17) is 10.00 Å². The largest absolute Gasteiger partial charge is 0.490 e. The van der Waals surface area contributed by atoms with E-state index in [1.807, 2.05) is 35.0 Å². The second-order valence-electron chi connectivity index (χ2n) is 5.65. The van der Waals surface area contributed by atoms with Gasteiger partial charge >= 0.3 is 0 Å². The Bertz CT molecular complexity index is 665. The van der Waals surface area contributed by atoms with E-state index in [0.29, 0.717) is 0 Å². The fourth-order valence-electron chi connectivity index (χ4n) is 2.79. The second-order valence-corrected chi connectivity index (χ2v) is 5.65. The highest BCUT2D eigenvalue weighted by molar-refractivity contribution is 5.64. The van der Waals surface area contributed by atoms with E-state index in [1.165, 1.54) is 0 Å². The van der Waals surface area contributed by atoms with Crippen molar-refractivity contribution >= 4 is 0 Å². The summed E-state index contributed by atoms with van der Waals surface area (Å²) in [6, 6.07) is 10.1. The highest BCUT2D eigenvalue weighted by atomic mass is 16.5. The molecule has 1 fully saturated rings. The van der Waals surface area contributed by atoms with E-state index in [1.54, 1.807) is 6.20 Å². The molecule has 3 rings (SSSR count). The Kier molecular flexibility index (Phi) is 4.40. The lowest BCUT2D eigenvalue weighted by molar-refractivity contribution is 0.115. The number of benzene rings is 1. The van der Waals surface area contributed by atoms with Gasteiger partial charge in [0.1, 0.15) is 24.2 Å². The lowest BCUT2D eigenvalue weighted by Gasteiger charge is -2.29. The number of aromatic nitrogens is 2. The fraction of sp³-hybridized carbons (Fsp3) is 0.412. The number of para-hydroxylation sites is 1. The number of piperidine rings is 1. The molecule has 0 amide bonds. The zero-order valence-corrected chi connectivity index (χ0v) is 12.8. The Labute approximate surface area is 130 Å². The maximum atomic E-state index is 8.93. The molecule has 0 bridgehead atoms. The normalized spacial score (nSPS) is 16.4. The van der Waals surface area contributed by atoms with Gasteiger partial charge in [0, 0.05) is 25.5 Å². The molecule has 0 radical (unpaired) electrons. The molecule has 1 aliphatic rings. The van der Waals surface area contributed by atoms with Gasteiger partial charge in [-0.2, -0.15) is 5.26 Å². The van der Waals surface area contributed by atoms with Crippen molar-refractivity contribution in [3.05, 3.63) is 36.7 Å². The SMILES string of the molecule is CN1CCC(Oc2ccccc2-c2nccn2CC#N)CC1. The van der Waals surface area contributed by atoms with E-state index in [0.717, 1.165) is 43.1 Å². The van der Waals surface area contributed by atoms with E-state index >= 15 is 0 Å². The van der Waals surface area contributed by atoms with Crippen LogP contribution in [0.2, 0.25) is 0 Å². The molecule has 0 N–H and O–H groups in total. The maximum absolute atomic E-state index is 8.93. The predicted molar refractivity (Wildman–Crippen MR) is 84.4 cm³/mol. The number of rotatable bonds is 4. The Morgan fingerprint density at radius 3 is 2.86 bits per heavy atom. The molecule has 22 heavy (non-hydrogen) atoms. The predicted octanol–water partition coefficient (Wildman–Crippen LogP) is 2.55. The zero-order chi connectivity index (χ0) is 15.4. The lowest BCUT2D eigenvalue weighted by Crippen LogP contribution is -2.35. The summed E-state index contributed by atoms with van der Waals surface area (Å²) in [7, 11) is 2.14. The van der Waals surface area contributed by atoms with Crippen molar-refractivity contribution in [2.45, 2.75) is 25.5 Å². The molecule has 1 aromatic carbocycles. The molecular formula is C17H20N4O. The third kappa shape index (κ3) is 3.12. The molecule has 5 heteroatoms. The van der Waals surface area contributed by atoms with Gasteiger partial charge in [-0.05, 0) is 32.0 Å². The van der Waals surface area contributed by atoms with Gasteiger partial charge in [0.05, 0.1) is 11.6 Å². The number of nitriles is 1. The van der Waals surface area contributed by atoms with Crippen molar-refractivity contribution in [3.63, 3.8) is 0 Å². The summed E-state index contributed by atoms with van der Waals surface area (Å²) in [6.07, 6.45) is 5.87. The van der Waals surface area contributed by atoms with Gasteiger partial charge in [-0.25, -0.2) is 4.98 Å². The van der Waals surface area contributed by atoms with Crippen LogP contribution < -0.4 is 4.74 Å². The van der Waals surface area contributed by atoms with Crippen LogP contribution in [0.1, 0.15) is 12.8 Å². The molecule has 0 unspecified atom stereocenters. The molecule has 0 saturated carbocycles. The van der Waals surface area contributed by atoms with Gasteiger partial charge in [-0.1, -0.05) is 12.1 Å². The summed E-state index contributed by atoms with van der Waals surface area (Å²) in [5.41, 5.74) is 0.946. The average molecular weight is 296 g/mol. The average Bonchev–Trinajstić information content (AvgIpc) is 2.99. The van der Waals surface area contributed by atoms with Gasteiger partial charge in [0.15, 0.2) is 0 Å². The van der Waals surface area contributed by atoms with E-state index in [2.05, 4.69) is 23.0 Å². The minimum absolute atomic E-state index is 0.247. The molecule has 0 aliphatic carbocycles. The summed E-state index contributed by atoms with van der Waals surface area (Å²) >= 11 is 0. The zero-order valence-electron chi connectivity index (χ0n) is 12.8. The second kappa shape index (κ2) is 6.63. The summed E-state index contributed by atoms with van der Waals surface area (Å²) in [5, 5.41) is 8.93. The van der Waals surface area contributed by atoms with Crippen LogP contribution in [0.4, 0.5) is 0 Å². The Morgan fingerprint density at radius 1 is 1.32 bits per heavy atom. The van der Waals surface area contributed by atoms with Crippen molar-refractivity contribution in [2.24, 2.45) is 0 Å². The van der Waals surface area contributed by atoms with E-state index in [9.17, 15) is 0 Å². The molecule has 114 valence electrons. The molecule has 1 aliphatic heterocycles. The van der Waals surface area contributed by atoms with Crippen LogP contribution in [0.5, 0.6) is 5.75 Å². The molecule has 2 aromatic rings. The van der Waals surface area contributed by atoms with Crippen molar-refractivity contribution in [3.8, 4) is 23.2 Å². The van der Waals surface area contributed by atoms with E-state index in [-0.39, 0.29) is 12.6 Å². The van der Waals surface area contributed by atoms with Gasteiger partial charge in [0.2, 0.25) is 0 Å². The molecule has 0 atom stereocenters. The number of nitrogens with zero attached hydrogens (tertiary/aromatic N) is 4. The summed E-state index contributed by atoms with van der Waals surface area (Å²) in [5.74, 6) is 1.63. The molecule has 2 heterocycles. The van der Waals surface area contributed by atoms with Crippen LogP contribution in [0.3, 0.4) is 0 Å². The van der Waals surface area contributed by atoms with Crippen molar-refractivity contribution in [1.82, 2.24) is 14.5 Å². The van der Waals surface area contributed by atoms with Crippen LogP contribution in [0.25, 0.3) is 11.4 Å². The minimum atomic E-state index is 0.247. The van der Waals surface area contributed by atoms with E-state index < -0.39 is 0 Å². The highest BCUT2D eigenvalue weighted by Crippen LogP contribution is 2.30. The summed E-state index contributed by atoms with van der Waals surface area (Å²) < 4.78 is 8.07. The van der Waals surface area contributed by atoms with Gasteiger partial charge in [-0.15, -0.1) is 0 Å². The Morgan fingerprint density at radius 2 is 2.09 bits per heavy atom. The third-order valence-corrected chi connectivity index (χ3v) is 4.04. The van der Waals surface area contributed by atoms with Gasteiger partial charge in [-0.3, -0.25) is 0 Å². The van der Waals surface area contributed by atoms with Gasteiger partial charge < -0.3 is 14.2 Å². The van der Waals surface area contributed by atoms with Crippen molar-refractivity contribution in [2.75, 3.05) is 20.1 Å². The highest BCUT2D eigenvalue weighted by Gasteiger charge is 2.20. The Hall–Kier alpha value is -2.32. The first-order chi connectivity index (χ1) is 10.8. The molecule has 0 spiro atoms. The van der Waals surface area contributed by atoms with Crippen molar-refractivity contribution < 1.29 is 4.74 Å². The molecule has 1 aromatic heterocycles. The fourth-order valence-corrected chi connectivity index (χ4v) is 2.79. The van der Waals surface area contributed by atoms with Crippen LogP contribution in [0.15, 0.2) is 36.7 Å². The summed E-state index contributed by atoms with van der Waals surface area (Å²) in [4.78, 5) is 6.72. The smallest absolute Gasteiger partial charge is 0.144 e. The first kappa shape index (κ1) is 14.6. The van der Waals surface area contributed by atoms with Crippen LogP contribution in [-0.4, -0.2) is 40.7 Å². The number of likely N-dealkylation sites (tertiary alicyclic amines) is 1.